The van der Waals surface area contributed by atoms with Gasteiger partial charge in [-0.25, -0.2) is 10.8 Å². The number of pyridine rings is 1. The van der Waals surface area contributed by atoms with Crippen LogP contribution in [0.15, 0.2) is 6.07 Å². The third kappa shape index (κ3) is 3.63. The average molecular weight is 305 g/mol. The fourth-order valence-corrected chi connectivity index (χ4v) is 2.51. The van der Waals surface area contributed by atoms with Crippen molar-refractivity contribution >= 4 is 34.8 Å². The summed E-state index contributed by atoms with van der Waals surface area (Å²) in [5.41, 5.74) is 2.64. The molecule has 0 bridgehead atoms. The molecule has 19 heavy (non-hydrogen) atoms. The largest absolute Gasteiger partial charge is 0.381 e. The Labute approximate surface area is 122 Å². The first-order chi connectivity index (χ1) is 9.04. The van der Waals surface area contributed by atoms with Gasteiger partial charge >= 0.3 is 0 Å². The molecule has 5 nitrogen and oxygen atoms in total. The van der Waals surface area contributed by atoms with Crippen LogP contribution in [0.2, 0.25) is 10.0 Å². The molecule has 1 aromatic heterocycles. The second kappa shape index (κ2) is 6.13. The van der Waals surface area contributed by atoms with Crippen molar-refractivity contribution in [2.24, 2.45) is 11.3 Å². The van der Waals surface area contributed by atoms with Crippen molar-refractivity contribution in [3.8, 4) is 0 Å². The van der Waals surface area contributed by atoms with E-state index in [4.69, 9.17) is 33.8 Å². The van der Waals surface area contributed by atoms with Crippen LogP contribution in [0.5, 0.6) is 0 Å². The van der Waals surface area contributed by atoms with E-state index < -0.39 is 0 Å². The molecule has 0 amide bonds. The zero-order valence-electron chi connectivity index (χ0n) is 10.8. The van der Waals surface area contributed by atoms with Crippen molar-refractivity contribution in [2.45, 2.75) is 19.8 Å². The molecule has 2 heterocycles. The van der Waals surface area contributed by atoms with Crippen LogP contribution in [-0.4, -0.2) is 24.7 Å². The lowest BCUT2D eigenvalue weighted by atomic mass is 9.82. The van der Waals surface area contributed by atoms with E-state index in [9.17, 15) is 0 Å². The van der Waals surface area contributed by atoms with E-state index in [0.717, 1.165) is 32.6 Å². The average Bonchev–Trinajstić information content (AvgIpc) is 2.39. The van der Waals surface area contributed by atoms with E-state index in [1.165, 1.54) is 0 Å². The number of anilines is 2. The molecule has 0 saturated carbocycles. The van der Waals surface area contributed by atoms with Gasteiger partial charge in [0, 0.05) is 19.8 Å². The SMILES string of the molecule is CC1(CNc2nc(NN)c(Cl)cc2Cl)CCOCC1. The molecule has 1 fully saturated rings. The summed E-state index contributed by atoms with van der Waals surface area (Å²) in [5.74, 6) is 6.35. The lowest BCUT2D eigenvalue weighted by molar-refractivity contribution is 0.0300. The number of ether oxygens (including phenoxy) is 1. The topological polar surface area (TPSA) is 72.2 Å². The highest BCUT2D eigenvalue weighted by Crippen LogP contribution is 2.32. The van der Waals surface area contributed by atoms with Crippen LogP contribution in [-0.2, 0) is 4.74 Å². The molecule has 0 aromatic carbocycles. The summed E-state index contributed by atoms with van der Waals surface area (Å²) < 4.78 is 5.38. The Balaban J connectivity index is 2.06. The molecule has 1 saturated heterocycles. The smallest absolute Gasteiger partial charge is 0.161 e. The molecular formula is C12H18Cl2N4O. The maximum absolute atomic E-state index is 6.12. The minimum absolute atomic E-state index is 0.194. The number of hydrogen-bond donors (Lipinski definition) is 3. The Morgan fingerprint density at radius 3 is 2.58 bits per heavy atom. The van der Waals surface area contributed by atoms with Crippen molar-refractivity contribution in [2.75, 3.05) is 30.5 Å². The van der Waals surface area contributed by atoms with Crippen LogP contribution in [0, 0.1) is 5.41 Å². The van der Waals surface area contributed by atoms with E-state index >= 15 is 0 Å². The summed E-state index contributed by atoms with van der Waals surface area (Å²) in [5, 5.41) is 4.16. The zero-order valence-corrected chi connectivity index (χ0v) is 12.3. The Bertz CT molecular complexity index is 450. The van der Waals surface area contributed by atoms with E-state index in [0.29, 0.717) is 21.7 Å². The van der Waals surface area contributed by atoms with Gasteiger partial charge in [-0.2, -0.15) is 0 Å². The zero-order chi connectivity index (χ0) is 13.9. The summed E-state index contributed by atoms with van der Waals surface area (Å²) in [6.07, 6.45) is 2.04. The van der Waals surface area contributed by atoms with Gasteiger partial charge in [-0.1, -0.05) is 30.1 Å². The van der Waals surface area contributed by atoms with Crippen LogP contribution in [0.25, 0.3) is 0 Å². The molecule has 1 aliphatic rings. The third-order valence-corrected chi connectivity index (χ3v) is 4.02. The summed E-state index contributed by atoms with van der Waals surface area (Å²) in [6.45, 7) is 4.62. The number of hydrogen-bond acceptors (Lipinski definition) is 5. The van der Waals surface area contributed by atoms with Gasteiger partial charge in [0.15, 0.2) is 5.82 Å². The van der Waals surface area contributed by atoms with Gasteiger partial charge in [-0.15, -0.1) is 0 Å². The molecular weight excluding hydrogens is 287 g/mol. The van der Waals surface area contributed by atoms with Gasteiger partial charge in [0.1, 0.15) is 5.82 Å². The second-order valence-corrected chi connectivity index (χ2v) is 5.88. The van der Waals surface area contributed by atoms with Gasteiger partial charge in [0.2, 0.25) is 0 Å². The second-order valence-electron chi connectivity index (χ2n) is 5.07. The maximum atomic E-state index is 6.12. The maximum Gasteiger partial charge on any atom is 0.161 e. The first-order valence-electron chi connectivity index (χ1n) is 6.18. The monoisotopic (exact) mass is 304 g/mol. The van der Waals surface area contributed by atoms with E-state index in [1.54, 1.807) is 6.07 Å². The van der Waals surface area contributed by atoms with Crippen LogP contribution in [0.3, 0.4) is 0 Å². The van der Waals surface area contributed by atoms with Gasteiger partial charge < -0.3 is 15.5 Å². The van der Waals surface area contributed by atoms with E-state index in [-0.39, 0.29) is 5.41 Å². The molecule has 7 heteroatoms. The summed E-state index contributed by atoms with van der Waals surface area (Å²) in [4.78, 5) is 4.26. The molecule has 0 atom stereocenters. The minimum Gasteiger partial charge on any atom is -0.381 e. The van der Waals surface area contributed by atoms with Gasteiger partial charge in [-0.05, 0) is 24.3 Å². The first-order valence-corrected chi connectivity index (χ1v) is 6.94. The molecule has 0 spiro atoms. The van der Waals surface area contributed by atoms with Crippen molar-refractivity contribution in [1.82, 2.24) is 4.98 Å². The summed E-state index contributed by atoms with van der Waals surface area (Å²) in [6, 6.07) is 1.62. The highest BCUT2D eigenvalue weighted by molar-refractivity contribution is 6.37. The Hall–Kier alpha value is -0.750. The number of nitrogens with one attached hydrogen (secondary N) is 2. The molecule has 1 aliphatic heterocycles. The predicted octanol–water partition coefficient (Wildman–Crippen LogP) is 2.90. The quantitative estimate of drug-likeness (QED) is 0.589. The van der Waals surface area contributed by atoms with Gasteiger partial charge in [0.25, 0.3) is 0 Å². The van der Waals surface area contributed by atoms with E-state index in [2.05, 4.69) is 22.7 Å². The Morgan fingerprint density at radius 1 is 1.32 bits per heavy atom. The normalized spacial score (nSPS) is 18.1. The molecule has 2 rings (SSSR count). The molecule has 106 valence electrons. The van der Waals surface area contributed by atoms with Crippen LogP contribution in [0.1, 0.15) is 19.8 Å². The molecule has 0 unspecified atom stereocenters. The first kappa shape index (κ1) is 14.7. The Morgan fingerprint density at radius 2 is 1.95 bits per heavy atom. The highest BCUT2D eigenvalue weighted by atomic mass is 35.5. The third-order valence-electron chi connectivity index (χ3n) is 3.45. The molecule has 0 aliphatic carbocycles. The number of nitrogens with two attached hydrogens (primary N) is 1. The standard InChI is InChI=1S/C12H18Cl2N4O/c1-12(2-4-19-5-3-12)7-16-10-8(13)6-9(14)11(17-10)18-15/h6H,2-5,7,15H2,1H3,(H2,16,17,18). The highest BCUT2D eigenvalue weighted by Gasteiger charge is 2.27. The van der Waals surface area contributed by atoms with Gasteiger partial charge in [-0.3, -0.25) is 0 Å². The number of rotatable bonds is 4. The predicted molar refractivity (Wildman–Crippen MR) is 78.7 cm³/mol. The Kier molecular flexibility index (Phi) is 4.73. The fraction of sp³-hybridized carbons (Fsp3) is 0.583. The van der Waals surface area contributed by atoms with Crippen molar-refractivity contribution in [3.05, 3.63) is 16.1 Å². The number of nitrogen functional groups attached to an aromatic ring is 1. The van der Waals surface area contributed by atoms with Crippen LogP contribution < -0.4 is 16.6 Å². The number of nitrogens with zero attached hydrogens (tertiary/aromatic N) is 1. The number of aromatic nitrogens is 1. The van der Waals surface area contributed by atoms with Crippen molar-refractivity contribution in [3.63, 3.8) is 0 Å². The van der Waals surface area contributed by atoms with Crippen molar-refractivity contribution < 1.29 is 4.74 Å². The summed E-state index contributed by atoms with van der Waals surface area (Å²) in [7, 11) is 0. The lowest BCUT2D eigenvalue weighted by Crippen LogP contribution is -2.33. The molecule has 1 aromatic rings. The number of hydrazine groups is 1. The van der Waals surface area contributed by atoms with Crippen LogP contribution >= 0.6 is 23.2 Å². The fourth-order valence-electron chi connectivity index (χ4n) is 2.03. The molecule has 4 N–H and O–H groups in total. The number of halogens is 2. The molecule has 0 radical (unpaired) electrons. The minimum atomic E-state index is 0.194. The summed E-state index contributed by atoms with van der Waals surface area (Å²) >= 11 is 12.1. The van der Waals surface area contributed by atoms with Gasteiger partial charge in [0.05, 0.1) is 10.0 Å². The van der Waals surface area contributed by atoms with Crippen LogP contribution in [0.4, 0.5) is 11.6 Å². The lowest BCUT2D eigenvalue weighted by Gasteiger charge is -2.33. The van der Waals surface area contributed by atoms with E-state index in [1.807, 2.05) is 0 Å². The van der Waals surface area contributed by atoms with Crippen molar-refractivity contribution in [1.29, 1.82) is 0 Å².